The molecule has 0 spiro atoms. The van der Waals surface area contributed by atoms with Crippen LogP contribution >= 0.6 is 0 Å². The van der Waals surface area contributed by atoms with Gasteiger partial charge in [0, 0.05) is 18.5 Å². The lowest BCUT2D eigenvalue weighted by Gasteiger charge is -2.22. The molecular weight excluding hydrogens is 176 g/mol. The van der Waals surface area contributed by atoms with Gasteiger partial charge in [0.1, 0.15) is 11.6 Å². The molecular formula is C10H18N4. The highest BCUT2D eigenvalue weighted by atomic mass is 15.3. The molecule has 2 atom stereocenters. The molecule has 1 saturated carbocycles. The Kier molecular flexibility index (Phi) is 2.10. The van der Waals surface area contributed by atoms with Gasteiger partial charge in [-0.05, 0) is 26.2 Å². The van der Waals surface area contributed by atoms with Gasteiger partial charge >= 0.3 is 0 Å². The highest BCUT2D eigenvalue weighted by Crippen LogP contribution is 2.38. The fourth-order valence-electron chi connectivity index (χ4n) is 2.42. The Bertz CT molecular complexity index is 344. The predicted molar refractivity (Wildman–Crippen MR) is 54.9 cm³/mol. The van der Waals surface area contributed by atoms with Crippen molar-refractivity contribution in [2.45, 2.75) is 44.6 Å². The molecule has 0 bridgehead atoms. The Balaban J connectivity index is 2.35. The molecule has 2 unspecified atom stereocenters. The van der Waals surface area contributed by atoms with E-state index in [2.05, 4.69) is 21.7 Å². The first kappa shape index (κ1) is 9.65. The maximum atomic E-state index is 5.95. The normalized spacial score (nSPS) is 32.4. The van der Waals surface area contributed by atoms with E-state index in [9.17, 15) is 0 Å². The van der Waals surface area contributed by atoms with E-state index in [0.29, 0.717) is 6.04 Å². The summed E-state index contributed by atoms with van der Waals surface area (Å²) in [5.41, 5.74) is 6.08. The van der Waals surface area contributed by atoms with Crippen LogP contribution in [0, 0.1) is 6.92 Å². The molecule has 0 amide bonds. The van der Waals surface area contributed by atoms with Crippen LogP contribution < -0.4 is 5.73 Å². The second kappa shape index (κ2) is 3.05. The number of nitrogens with zero attached hydrogens (tertiary/aromatic N) is 3. The maximum Gasteiger partial charge on any atom is 0.138 e. The zero-order valence-corrected chi connectivity index (χ0v) is 9.12. The number of aryl methyl sites for hydroxylation is 1. The molecule has 0 aromatic carbocycles. The summed E-state index contributed by atoms with van der Waals surface area (Å²) in [6.07, 6.45) is 3.25. The highest BCUT2D eigenvalue weighted by molar-refractivity contribution is 5.12. The standard InChI is InChI=1S/C10H18N4/c1-7-12-13-9(14(7)3)10(2)5-4-8(11)6-10/h8H,4-6,11H2,1-3H3. The Hall–Kier alpha value is -0.900. The van der Waals surface area contributed by atoms with Crippen LogP contribution in [0.15, 0.2) is 0 Å². The lowest BCUT2D eigenvalue weighted by molar-refractivity contribution is 0.434. The molecule has 0 saturated heterocycles. The molecule has 1 aliphatic carbocycles. The monoisotopic (exact) mass is 194 g/mol. The van der Waals surface area contributed by atoms with E-state index in [-0.39, 0.29) is 5.41 Å². The molecule has 2 N–H and O–H groups in total. The molecule has 0 radical (unpaired) electrons. The van der Waals surface area contributed by atoms with Crippen LogP contribution in [0.1, 0.15) is 37.8 Å². The lowest BCUT2D eigenvalue weighted by Crippen LogP contribution is -2.26. The molecule has 1 fully saturated rings. The van der Waals surface area contributed by atoms with Gasteiger partial charge in [-0.3, -0.25) is 0 Å². The molecule has 1 aromatic heterocycles. The molecule has 2 rings (SSSR count). The number of aromatic nitrogens is 3. The van der Waals surface area contributed by atoms with Crippen molar-refractivity contribution in [3.05, 3.63) is 11.6 Å². The topological polar surface area (TPSA) is 56.7 Å². The average Bonchev–Trinajstić information content (AvgIpc) is 2.60. The van der Waals surface area contributed by atoms with E-state index in [1.54, 1.807) is 0 Å². The Morgan fingerprint density at radius 3 is 2.64 bits per heavy atom. The summed E-state index contributed by atoms with van der Waals surface area (Å²) >= 11 is 0. The van der Waals surface area contributed by atoms with Crippen LogP contribution in [-0.2, 0) is 12.5 Å². The summed E-state index contributed by atoms with van der Waals surface area (Å²) in [6, 6.07) is 0.331. The summed E-state index contributed by atoms with van der Waals surface area (Å²) < 4.78 is 2.08. The van der Waals surface area contributed by atoms with Gasteiger partial charge in [0.2, 0.25) is 0 Å². The van der Waals surface area contributed by atoms with Crippen molar-refractivity contribution in [3.63, 3.8) is 0 Å². The summed E-state index contributed by atoms with van der Waals surface area (Å²) in [5.74, 6) is 2.06. The van der Waals surface area contributed by atoms with Crippen LogP contribution in [0.5, 0.6) is 0 Å². The number of rotatable bonds is 1. The SMILES string of the molecule is Cc1nnc(C2(C)CCC(N)C2)n1C. The average molecular weight is 194 g/mol. The minimum Gasteiger partial charge on any atom is -0.328 e. The van der Waals surface area contributed by atoms with E-state index in [1.165, 1.54) is 0 Å². The molecule has 78 valence electrons. The van der Waals surface area contributed by atoms with Crippen molar-refractivity contribution < 1.29 is 0 Å². The lowest BCUT2D eigenvalue weighted by atomic mass is 9.87. The smallest absolute Gasteiger partial charge is 0.138 e. The first-order chi connectivity index (χ1) is 6.53. The third kappa shape index (κ3) is 1.34. The van der Waals surface area contributed by atoms with Gasteiger partial charge in [0.15, 0.2) is 0 Å². The van der Waals surface area contributed by atoms with Gasteiger partial charge < -0.3 is 10.3 Å². The molecule has 4 nitrogen and oxygen atoms in total. The summed E-state index contributed by atoms with van der Waals surface area (Å²) in [4.78, 5) is 0. The van der Waals surface area contributed by atoms with E-state index in [1.807, 2.05) is 14.0 Å². The second-order valence-electron chi connectivity index (χ2n) is 4.69. The first-order valence-corrected chi connectivity index (χ1v) is 5.15. The maximum absolute atomic E-state index is 5.95. The molecule has 1 aliphatic rings. The van der Waals surface area contributed by atoms with Gasteiger partial charge in [-0.15, -0.1) is 10.2 Å². The highest BCUT2D eigenvalue weighted by Gasteiger charge is 2.38. The van der Waals surface area contributed by atoms with Crippen LogP contribution in [0.4, 0.5) is 0 Å². The third-order valence-corrected chi connectivity index (χ3v) is 3.41. The van der Waals surface area contributed by atoms with Gasteiger partial charge in [0.05, 0.1) is 0 Å². The van der Waals surface area contributed by atoms with Crippen LogP contribution in [0.25, 0.3) is 0 Å². The largest absolute Gasteiger partial charge is 0.328 e. The molecule has 14 heavy (non-hydrogen) atoms. The second-order valence-corrected chi connectivity index (χ2v) is 4.69. The Labute approximate surface area is 84.5 Å². The quantitative estimate of drug-likeness (QED) is 0.722. The van der Waals surface area contributed by atoms with E-state index in [4.69, 9.17) is 5.73 Å². The Morgan fingerprint density at radius 1 is 1.50 bits per heavy atom. The predicted octanol–water partition coefficient (Wildman–Crippen LogP) is 0.892. The van der Waals surface area contributed by atoms with Gasteiger partial charge in [-0.2, -0.15) is 0 Å². The zero-order valence-electron chi connectivity index (χ0n) is 9.12. The number of hydrogen-bond donors (Lipinski definition) is 1. The van der Waals surface area contributed by atoms with Crippen molar-refractivity contribution in [2.75, 3.05) is 0 Å². The first-order valence-electron chi connectivity index (χ1n) is 5.15. The fraction of sp³-hybridized carbons (Fsp3) is 0.800. The van der Waals surface area contributed by atoms with E-state index >= 15 is 0 Å². The van der Waals surface area contributed by atoms with Crippen LogP contribution in [0.3, 0.4) is 0 Å². The fourth-order valence-corrected chi connectivity index (χ4v) is 2.42. The molecule has 0 aliphatic heterocycles. The van der Waals surface area contributed by atoms with Crippen molar-refractivity contribution in [2.24, 2.45) is 12.8 Å². The van der Waals surface area contributed by atoms with Crippen molar-refractivity contribution in [1.82, 2.24) is 14.8 Å². The molecule has 1 heterocycles. The van der Waals surface area contributed by atoms with Crippen molar-refractivity contribution in [1.29, 1.82) is 0 Å². The van der Waals surface area contributed by atoms with Gasteiger partial charge in [-0.25, -0.2) is 0 Å². The van der Waals surface area contributed by atoms with Crippen molar-refractivity contribution in [3.8, 4) is 0 Å². The van der Waals surface area contributed by atoms with Gasteiger partial charge in [0.25, 0.3) is 0 Å². The van der Waals surface area contributed by atoms with Crippen LogP contribution in [-0.4, -0.2) is 20.8 Å². The third-order valence-electron chi connectivity index (χ3n) is 3.41. The summed E-state index contributed by atoms with van der Waals surface area (Å²) in [7, 11) is 2.03. The number of nitrogens with two attached hydrogens (primary N) is 1. The molecule has 4 heteroatoms. The van der Waals surface area contributed by atoms with E-state index < -0.39 is 0 Å². The van der Waals surface area contributed by atoms with E-state index in [0.717, 1.165) is 30.9 Å². The van der Waals surface area contributed by atoms with Crippen LogP contribution in [0.2, 0.25) is 0 Å². The summed E-state index contributed by atoms with van der Waals surface area (Å²) in [5, 5.41) is 8.36. The zero-order chi connectivity index (χ0) is 10.3. The minimum absolute atomic E-state index is 0.134. The minimum atomic E-state index is 0.134. The number of hydrogen-bond acceptors (Lipinski definition) is 3. The summed E-state index contributed by atoms with van der Waals surface area (Å²) in [6.45, 7) is 4.22. The molecule has 1 aromatic rings. The Morgan fingerprint density at radius 2 is 2.21 bits per heavy atom. The van der Waals surface area contributed by atoms with Crippen molar-refractivity contribution >= 4 is 0 Å². The van der Waals surface area contributed by atoms with Gasteiger partial charge in [-0.1, -0.05) is 6.92 Å².